The summed E-state index contributed by atoms with van der Waals surface area (Å²) in [4.78, 5) is 29.0. The normalized spacial score (nSPS) is 14.1. The van der Waals surface area contributed by atoms with Crippen molar-refractivity contribution >= 4 is 11.7 Å². The second-order valence-corrected chi connectivity index (χ2v) is 8.12. The van der Waals surface area contributed by atoms with Crippen molar-refractivity contribution in [3.8, 4) is 0 Å². The molecule has 0 unspecified atom stereocenters. The molecule has 2 aromatic rings. The van der Waals surface area contributed by atoms with Crippen LogP contribution in [0.4, 0.5) is 0 Å². The summed E-state index contributed by atoms with van der Waals surface area (Å²) in [6.07, 6.45) is 4.80. The van der Waals surface area contributed by atoms with E-state index >= 15 is 0 Å². The first-order valence-electron chi connectivity index (χ1n) is 9.19. The molecule has 4 nitrogen and oxygen atoms in total. The van der Waals surface area contributed by atoms with Gasteiger partial charge in [-0.25, -0.2) is 0 Å². The minimum atomic E-state index is -0.322. The van der Waals surface area contributed by atoms with Gasteiger partial charge in [-0.3, -0.25) is 14.6 Å². The van der Waals surface area contributed by atoms with Crippen LogP contribution in [-0.4, -0.2) is 22.2 Å². The summed E-state index contributed by atoms with van der Waals surface area (Å²) in [6.45, 7) is 5.78. The molecule has 0 spiro atoms. The highest BCUT2D eigenvalue weighted by molar-refractivity contribution is 5.93. The molecule has 1 aromatic carbocycles. The molecule has 4 heteroatoms. The molecule has 1 saturated carbocycles. The second kappa shape index (κ2) is 7.40. The van der Waals surface area contributed by atoms with Gasteiger partial charge in [0.15, 0.2) is 0 Å². The summed E-state index contributed by atoms with van der Waals surface area (Å²) in [7, 11) is 0. The Hall–Kier alpha value is -2.49. The van der Waals surface area contributed by atoms with Crippen LogP contribution in [0, 0.1) is 0 Å². The molecule has 3 rings (SSSR count). The molecule has 0 bridgehead atoms. The Morgan fingerprint density at radius 3 is 2.54 bits per heavy atom. The predicted molar refractivity (Wildman–Crippen MR) is 102 cm³/mol. The van der Waals surface area contributed by atoms with E-state index in [0.29, 0.717) is 24.5 Å². The number of pyridine rings is 1. The number of carbonyl (C=O) groups is 2. The molecule has 1 amide bonds. The molecule has 0 saturated heterocycles. The number of benzene rings is 1. The Kier molecular flexibility index (Phi) is 5.21. The van der Waals surface area contributed by atoms with E-state index in [1.54, 1.807) is 18.3 Å². The van der Waals surface area contributed by atoms with Gasteiger partial charge in [0.2, 0.25) is 0 Å². The number of ketones is 1. The fraction of sp³-hybridized carbons (Fsp3) is 0.409. The first-order chi connectivity index (χ1) is 12.3. The van der Waals surface area contributed by atoms with E-state index in [4.69, 9.17) is 0 Å². The van der Waals surface area contributed by atoms with Crippen molar-refractivity contribution in [2.75, 3.05) is 0 Å². The van der Waals surface area contributed by atoms with Gasteiger partial charge in [0.05, 0.1) is 0 Å². The minimum Gasteiger partial charge on any atom is -0.346 e. The zero-order valence-corrected chi connectivity index (χ0v) is 15.7. The molecule has 1 heterocycles. The highest BCUT2D eigenvalue weighted by atomic mass is 16.2. The quantitative estimate of drug-likeness (QED) is 0.861. The topological polar surface area (TPSA) is 59.1 Å². The van der Waals surface area contributed by atoms with E-state index in [1.807, 2.05) is 32.9 Å². The van der Waals surface area contributed by atoms with E-state index in [-0.39, 0.29) is 17.2 Å². The maximum absolute atomic E-state index is 12.6. The standard InChI is InChI=1S/C22H26N2O2/c1-22(2,3)24-21(26)20-13-15(10-11-23-20)12-18(25)14-17-6-4-5-7-19(17)16-8-9-16/h4-7,10-11,13,16H,8-9,12,14H2,1-3H3,(H,24,26). The summed E-state index contributed by atoms with van der Waals surface area (Å²) in [6, 6.07) is 11.8. The van der Waals surface area contributed by atoms with Crippen LogP contribution in [0.5, 0.6) is 0 Å². The molecule has 0 aliphatic heterocycles. The van der Waals surface area contributed by atoms with Crippen LogP contribution in [0.15, 0.2) is 42.6 Å². The fourth-order valence-corrected chi connectivity index (χ4v) is 3.10. The lowest BCUT2D eigenvalue weighted by Gasteiger charge is -2.20. The lowest BCUT2D eigenvalue weighted by Crippen LogP contribution is -2.40. The molecule has 1 fully saturated rings. The summed E-state index contributed by atoms with van der Waals surface area (Å²) >= 11 is 0. The van der Waals surface area contributed by atoms with Crippen LogP contribution in [0.25, 0.3) is 0 Å². The van der Waals surface area contributed by atoms with Crippen molar-refractivity contribution in [1.29, 1.82) is 0 Å². The molecule has 1 aromatic heterocycles. The van der Waals surface area contributed by atoms with Gasteiger partial charge in [0.25, 0.3) is 5.91 Å². The zero-order valence-electron chi connectivity index (χ0n) is 15.7. The number of Topliss-reactive ketones (excluding diaryl/α,β-unsaturated/α-hetero) is 1. The third kappa shape index (κ3) is 5.01. The maximum Gasteiger partial charge on any atom is 0.270 e. The average Bonchev–Trinajstić information content (AvgIpc) is 3.39. The summed E-state index contributed by atoms with van der Waals surface area (Å²) < 4.78 is 0. The van der Waals surface area contributed by atoms with Crippen molar-refractivity contribution in [2.24, 2.45) is 0 Å². The number of nitrogens with one attached hydrogen (secondary N) is 1. The van der Waals surface area contributed by atoms with Crippen molar-refractivity contribution in [3.63, 3.8) is 0 Å². The Bertz CT molecular complexity index is 817. The van der Waals surface area contributed by atoms with Crippen molar-refractivity contribution in [1.82, 2.24) is 10.3 Å². The molecule has 0 radical (unpaired) electrons. The molecule has 1 aliphatic carbocycles. The number of hydrogen-bond acceptors (Lipinski definition) is 3. The molecule has 26 heavy (non-hydrogen) atoms. The van der Waals surface area contributed by atoms with E-state index < -0.39 is 0 Å². The van der Waals surface area contributed by atoms with Gasteiger partial charge in [-0.05, 0) is 68.4 Å². The zero-order chi connectivity index (χ0) is 18.7. The van der Waals surface area contributed by atoms with Gasteiger partial charge in [-0.2, -0.15) is 0 Å². The highest BCUT2D eigenvalue weighted by Crippen LogP contribution is 2.41. The van der Waals surface area contributed by atoms with Crippen molar-refractivity contribution < 1.29 is 9.59 Å². The van der Waals surface area contributed by atoms with E-state index in [2.05, 4.69) is 22.4 Å². The number of hydrogen-bond donors (Lipinski definition) is 1. The lowest BCUT2D eigenvalue weighted by atomic mass is 9.96. The molecular weight excluding hydrogens is 324 g/mol. The van der Waals surface area contributed by atoms with E-state index in [9.17, 15) is 9.59 Å². The number of nitrogens with zero attached hydrogens (tertiary/aromatic N) is 1. The molecule has 1 N–H and O–H groups in total. The lowest BCUT2D eigenvalue weighted by molar-refractivity contribution is -0.117. The van der Waals surface area contributed by atoms with Gasteiger partial charge < -0.3 is 5.32 Å². The molecular formula is C22H26N2O2. The predicted octanol–water partition coefficient (Wildman–Crippen LogP) is 3.84. The van der Waals surface area contributed by atoms with Gasteiger partial charge in [-0.15, -0.1) is 0 Å². The molecule has 1 aliphatic rings. The van der Waals surface area contributed by atoms with Crippen LogP contribution in [0.2, 0.25) is 0 Å². The van der Waals surface area contributed by atoms with E-state index in [0.717, 1.165) is 11.1 Å². The van der Waals surface area contributed by atoms with Crippen LogP contribution < -0.4 is 5.32 Å². The average molecular weight is 350 g/mol. The van der Waals surface area contributed by atoms with Crippen LogP contribution in [0.3, 0.4) is 0 Å². The maximum atomic E-state index is 12.6. The largest absolute Gasteiger partial charge is 0.346 e. The first kappa shape index (κ1) is 18.3. The third-order valence-electron chi connectivity index (χ3n) is 4.41. The third-order valence-corrected chi connectivity index (χ3v) is 4.41. The highest BCUT2D eigenvalue weighted by Gasteiger charge is 2.26. The number of aromatic nitrogens is 1. The summed E-state index contributed by atoms with van der Waals surface area (Å²) in [5.74, 6) is 0.574. The number of amides is 1. The second-order valence-electron chi connectivity index (χ2n) is 8.12. The van der Waals surface area contributed by atoms with Gasteiger partial charge >= 0.3 is 0 Å². The Morgan fingerprint density at radius 1 is 1.12 bits per heavy atom. The first-order valence-corrected chi connectivity index (χ1v) is 9.19. The van der Waals surface area contributed by atoms with Gasteiger partial charge in [0, 0.05) is 24.6 Å². The fourth-order valence-electron chi connectivity index (χ4n) is 3.10. The van der Waals surface area contributed by atoms with Crippen LogP contribution in [0.1, 0.15) is 66.7 Å². The van der Waals surface area contributed by atoms with Gasteiger partial charge in [0.1, 0.15) is 11.5 Å². The van der Waals surface area contributed by atoms with Crippen LogP contribution in [-0.2, 0) is 17.6 Å². The summed E-state index contributed by atoms with van der Waals surface area (Å²) in [5, 5.41) is 2.90. The number of rotatable bonds is 6. The number of carbonyl (C=O) groups excluding carboxylic acids is 2. The Balaban J connectivity index is 1.66. The Labute approximate surface area is 155 Å². The SMILES string of the molecule is CC(C)(C)NC(=O)c1cc(CC(=O)Cc2ccccc2C2CC2)ccn1. The summed E-state index contributed by atoms with van der Waals surface area (Å²) in [5.41, 5.74) is 3.31. The monoisotopic (exact) mass is 350 g/mol. The smallest absolute Gasteiger partial charge is 0.270 e. The molecule has 136 valence electrons. The van der Waals surface area contributed by atoms with Crippen LogP contribution >= 0.6 is 0 Å². The van der Waals surface area contributed by atoms with Crippen molar-refractivity contribution in [3.05, 3.63) is 65.0 Å². The van der Waals surface area contributed by atoms with Gasteiger partial charge in [-0.1, -0.05) is 24.3 Å². The molecule has 0 atom stereocenters. The Morgan fingerprint density at radius 2 is 1.85 bits per heavy atom. The van der Waals surface area contributed by atoms with Crippen molar-refractivity contribution in [2.45, 2.75) is 57.9 Å². The van der Waals surface area contributed by atoms with E-state index in [1.165, 1.54) is 18.4 Å². The minimum absolute atomic E-state index is 0.159.